The molecule has 1 atom stereocenters. The van der Waals surface area contributed by atoms with Crippen LogP contribution in [0.5, 0.6) is 0 Å². The fraction of sp³-hybridized carbons (Fsp3) is 0.900. The summed E-state index contributed by atoms with van der Waals surface area (Å²) in [6.07, 6.45) is 23.6. The number of rotatable bonds is 15. The minimum Gasteiger partial charge on any atom is -0.310 e. The van der Waals surface area contributed by atoms with Crippen LogP contribution in [0.1, 0.15) is 111 Å². The maximum Gasteiger partial charge on any atom is 0.0544 e. The monoisotopic (exact) mass is 323 g/mol. The van der Waals surface area contributed by atoms with Gasteiger partial charge in [-0.15, -0.1) is 5.53 Å². The van der Waals surface area contributed by atoms with Crippen LogP contribution in [-0.2, 0) is 0 Å². The van der Waals surface area contributed by atoms with Gasteiger partial charge in [-0.3, -0.25) is 5.01 Å². The van der Waals surface area contributed by atoms with Crippen molar-refractivity contribution in [3.8, 4) is 0 Å². The van der Waals surface area contributed by atoms with Crippen molar-refractivity contribution in [2.24, 2.45) is 0 Å². The summed E-state index contributed by atoms with van der Waals surface area (Å²) in [7, 11) is 0. The SMILES string of the molecule is CCCCCCCCCCCCCCC(C)(CC)N1C=CNN1. The van der Waals surface area contributed by atoms with Gasteiger partial charge in [-0.1, -0.05) is 90.9 Å². The first-order valence-electron chi connectivity index (χ1n) is 10.2. The molecule has 0 aromatic rings. The minimum absolute atomic E-state index is 0.235. The first kappa shape index (κ1) is 20.3. The molecular formula is C20H41N3. The summed E-state index contributed by atoms with van der Waals surface area (Å²) >= 11 is 0. The minimum atomic E-state index is 0.235. The molecule has 0 spiro atoms. The average Bonchev–Trinajstić information content (AvgIpc) is 3.11. The predicted molar refractivity (Wildman–Crippen MR) is 102 cm³/mol. The van der Waals surface area contributed by atoms with E-state index < -0.39 is 0 Å². The van der Waals surface area contributed by atoms with Gasteiger partial charge >= 0.3 is 0 Å². The molecule has 0 aliphatic carbocycles. The molecular weight excluding hydrogens is 282 g/mol. The van der Waals surface area contributed by atoms with E-state index in [9.17, 15) is 0 Å². The van der Waals surface area contributed by atoms with Crippen LogP contribution < -0.4 is 11.0 Å². The van der Waals surface area contributed by atoms with Crippen molar-refractivity contribution < 1.29 is 0 Å². The third-order valence-corrected chi connectivity index (χ3v) is 5.40. The molecule has 0 bridgehead atoms. The Kier molecular flexibility index (Phi) is 11.2. The number of unbranched alkanes of at least 4 members (excludes halogenated alkanes) is 11. The van der Waals surface area contributed by atoms with Gasteiger partial charge in [-0.05, 0) is 19.8 Å². The van der Waals surface area contributed by atoms with Crippen LogP contribution in [0.3, 0.4) is 0 Å². The average molecular weight is 324 g/mol. The van der Waals surface area contributed by atoms with Crippen molar-refractivity contribution in [3.63, 3.8) is 0 Å². The zero-order valence-electron chi connectivity index (χ0n) is 16.0. The third kappa shape index (κ3) is 8.64. The highest BCUT2D eigenvalue weighted by molar-refractivity contribution is 4.94. The quantitative estimate of drug-likeness (QED) is 0.360. The summed E-state index contributed by atoms with van der Waals surface area (Å²) in [6, 6.07) is 0. The van der Waals surface area contributed by atoms with Crippen LogP contribution in [-0.4, -0.2) is 10.5 Å². The van der Waals surface area contributed by atoms with Crippen LogP contribution in [0.2, 0.25) is 0 Å². The highest BCUT2D eigenvalue weighted by Gasteiger charge is 2.28. The van der Waals surface area contributed by atoms with Gasteiger partial charge in [-0.2, -0.15) is 0 Å². The van der Waals surface area contributed by atoms with Crippen LogP contribution in [0, 0.1) is 0 Å². The largest absolute Gasteiger partial charge is 0.310 e. The Bertz CT molecular complexity index is 303. The van der Waals surface area contributed by atoms with Crippen molar-refractivity contribution in [1.29, 1.82) is 0 Å². The van der Waals surface area contributed by atoms with E-state index in [1.54, 1.807) is 0 Å². The van der Waals surface area contributed by atoms with E-state index in [0.717, 1.165) is 0 Å². The van der Waals surface area contributed by atoms with Gasteiger partial charge in [0.15, 0.2) is 0 Å². The smallest absolute Gasteiger partial charge is 0.0544 e. The molecule has 2 N–H and O–H groups in total. The second-order valence-electron chi connectivity index (χ2n) is 7.43. The van der Waals surface area contributed by atoms with Crippen LogP contribution in [0.4, 0.5) is 0 Å². The van der Waals surface area contributed by atoms with Crippen LogP contribution in [0.25, 0.3) is 0 Å². The fourth-order valence-electron chi connectivity index (χ4n) is 3.39. The first-order chi connectivity index (χ1) is 11.2. The van der Waals surface area contributed by atoms with Gasteiger partial charge in [0.2, 0.25) is 0 Å². The number of hydrazine groups is 2. The Morgan fingerprint density at radius 2 is 1.30 bits per heavy atom. The molecule has 0 amide bonds. The van der Waals surface area contributed by atoms with Crippen molar-refractivity contribution in [3.05, 3.63) is 12.4 Å². The molecule has 1 rings (SSSR count). The van der Waals surface area contributed by atoms with Gasteiger partial charge in [0, 0.05) is 12.4 Å². The molecule has 23 heavy (non-hydrogen) atoms. The van der Waals surface area contributed by atoms with E-state index in [2.05, 4.69) is 42.9 Å². The van der Waals surface area contributed by atoms with Gasteiger partial charge < -0.3 is 5.43 Å². The molecule has 1 unspecified atom stereocenters. The normalized spacial score (nSPS) is 16.6. The van der Waals surface area contributed by atoms with E-state index in [-0.39, 0.29) is 5.54 Å². The Labute approximate surface area is 145 Å². The summed E-state index contributed by atoms with van der Waals surface area (Å²) in [6.45, 7) is 6.93. The topological polar surface area (TPSA) is 27.3 Å². The molecule has 1 aliphatic heterocycles. The first-order valence-corrected chi connectivity index (χ1v) is 10.2. The van der Waals surface area contributed by atoms with Crippen LogP contribution >= 0.6 is 0 Å². The summed E-state index contributed by atoms with van der Waals surface area (Å²) in [5.41, 5.74) is 6.50. The van der Waals surface area contributed by atoms with E-state index >= 15 is 0 Å². The molecule has 0 aromatic heterocycles. The molecule has 1 heterocycles. The molecule has 0 aromatic carbocycles. The molecule has 0 fully saturated rings. The highest BCUT2D eigenvalue weighted by atomic mass is 15.7. The lowest BCUT2D eigenvalue weighted by Crippen LogP contribution is -2.50. The summed E-state index contributed by atoms with van der Waals surface area (Å²) < 4.78 is 0. The lowest BCUT2D eigenvalue weighted by molar-refractivity contribution is 0.0887. The summed E-state index contributed by atoms with van der Waals surface area (Å²) in [5.74, 6) is 0. The lowest BCUT2D eigenvalue weighted by atomic mass is 9.90. The molecule has 3 heteroatoms. The van der Waals surface area contributed by atoms with Gasteiger partial charge in [0.25, 0.3) is 0 Å². The Balaban J connectivity index is 1.91. The maximum atomic E-state index is 3.21. The molecule has 0 radical (unpaired) electrons. The summed E-state index contributed by atoms with van der Waals surface area (Å²) in [5, 5.41) is 2.23. The van der Waals surface area contributed by atoms with Gasteiger partial charge in [0.1, 0.15) is 0 Å². The second kappa shape index (κ2) is 12.7. The second-order valence-corrected chi connectivity index (χ2v) is 7.43. The Hall–Kier alpha value is -0.700. The van der Waals surface area contributed by atoms with E-state index in [1.165, 1.54) is 89.9 Å². The van der Waals surface area contributed by atoms with Gasteiger partial charge in [-0.25, -0.2) is 0 Å². The van der Waals surface area contributed by atoms with Crippen molar-refractivity contribution in [2.45, 2.75) is 116 Å². The number of hydrogen-bond donors (Lipinski definition) is 2. The number of hydrogen-bond acceptors (Lipinski definition) is 3. The van der Waals surface area contributed by atoms with Crippen molar-refractivity contribution >= 4 is 0 Å². The number of nitrogens with zero attached hydrogens (tertiary/aromatic N) is 1. The third-order valence-electron chi connectivity index (χ3n) is 5.40. The molecule has 3 nitrogen and oxygen atoms in total. The van der Waals surface area contributed by atoms with Crippen molar-refractivity contribution in [1.82, 2.24) is 16.0 Å². The van der Waals surface area contributed by atoms with E-state index in [1.807, 2.05) is 6.20 Å². The molecule has 0 saturated carbocycles. The Morgan fingerprint density at radius 1 is 0.783 bits per heavy atom. The van der Waals surface area contributed by atoms with E-state index in [0.29, 0.717) is 0 Å². The Morgan fingerprint density at radius 3 is 1.74 bits per heavy atom. The standard InChI is InChI=1S/C20H41N3/c1-4-6-7-8-9-10-11-12-13-14-15-16-17-20(3,5-2)23-19-18-21-22-23/h18-19,21-22H,4-17H2,1-3H3. The predicted octanol–water partition coefficient (Wildman–Crippen LogP) is 6.04. The molecule has 0 saturated heterocycles. The zero-order valence-corrected chi connectivity index (χ0v) is 16.0. The van der Waals surface area contributed by atoms with E-state index in [4.69, 9.17) is 0 Å². The highest BCUT2D eigenvalue weighted by Crippen LogP contribution is 2.26. The summed E-state index contributed by atoms with van der Waals surface area (Å²) in [4.78, 5) is 0. The van der Waals surface area contributed by atoms with Crippen LogP contribution in [0.15, 0.2) is 12.4 Å². The van der Waals surface area contributed by atoms with Crippen molar-refractivity contribution in [2.75, 3.05) is 0 Å². The fourth-order valence-corrected chi connectivity index (χ4v) is 3.39. The van der Waals surface area contributed by atoms with Gasteiger partial charge in [0.05, 0.1) is 5.54 Å². The molecule has 1 aliphatic rings. The lowest BCUT2D eigenvalue weighted by Gasteiger charge is -2.37. The zero-order chi connectivity index (χ0) is 16.8. The maximum absolute atomic E-state index is 3.21. The number of nitrogens with one attached hydrogen (secondary N) is 2. The molecule has 136 valence electrons.